The molecule has 1 N–H and O–H groups in total. The van der Waals surface area contributed by atoms with Gasteiger partial charge in [-0.15, -0.1) is 10.2 Å². The molecule has 136 valence electrons. The van der Waals surface area contributed by atoms with Crippen molar-refractivity contribution >= 4 is 12.6 Å². The number of nitrogens with zero attached hydrogens (tertiary/aromatic N) is 4. The summed E-state index contributed by atoms with van der Waals surface area (Å²) in [4.78, 5) is 4.34. The smallest absolute Gasteiger partial charge is 0.376 e. The minimum Gasteiger partial charge on any atom is -0.437 e. The lowest BCUT2D eigenvalue weighted by atomic mass is 9.81. The molecule has 2 aliphatic heterocycles. The maximum absolute atomic E-state index is 9.82. The van der Waals surface area contributed by atoms with Crippen LogP contribution >= 0.6 is 0 Å². The molecular weight excluding hydrogens is 327 g/mol. The molecule has 6 nitrogen and oxygen atoms in total. The molecule has 0 saturated carbocycles. The van der Waals surface area contributed by atoms with Crippen molar-refractivity contribution in [1.82, 2.24) is 19.9 Å². The van der Waals surface area contributed by atoms with Gasteiger partial charge in [0.15, 0.2) is 0 Å². The van der Waals surface area contributed by atoms with Gasteiger partial charge in [0, 0.05) is 18.7 Å². The molecule has 0 amide bonds. The van der Waals surface area contributed by atoms with Gasteiger partial charge in [-0.25, -0.2) is 0 Å². The fourth-order valence-electron chi connectivity index (χ4n) is 3.86. The molecule has 1 aromatic heterocycles. The van der Waals surface area contributed by atoms with Gasteiger partial charge in [0.1, 0.15) is 0 Å². The van der Waals surface area contributed by atoms with Gasteiger partial charge in [-0.3, -0.25) is 0 Å². The zero-order chi connectivity index (χ0) is 18.1. The number of aromatic nitrogens is 2. The first-order valence-corrected chi connectivity index (χ1v) is 9.33. The van der Waals surface area contributed by atoms with Crippen LogP contribution in [0.3, 0.4) is 0 Å². The number of rotatable bonds is 4. The molecule has 26 heavy (non-hydrogen) atoms. The predicted molar refractivity (Wildman–Crippen MR) is 102 cm³/mol. The highest BCUT2D eigenvalue weighted by molar-refractivity contribution is 6.45. The lowest BCUT2D eigenvalue weighted by Crippen LogP contribution is -2.41. The number of likely N-dealkylation sites (tertiary alicyclic amines) is 1. The Hall–Kier alpha value is -1.96. The summed E-state index contributed by atoms with van der Waals surface area (Å²) in [5, 5.41) is 18.5. The molecular formula is C19H25BN4O2. The van der Waals surface area contributed by atoms with Gasteiger partial charge in [-0.2, -0.15) is 0 Å². The van der Waals surface area contributed by atoms with E-state index >= 15 is 0 Å². The van der Waals surface area contributed by atoms with E-state index in [0.717, 1.165) is 56.0 Å². The average molecular weight is 352 g/mol. The number of hydrogen-bond donors (Lipinski definition) is 1. The van der Waals surface area contributed by atoms with E-state index in [1.165, 1.54) is 5.57 Å². The Balaban J connectivity index is 1.65. The molecule has 4 rings (SSSR count). The number of benzene rings is 1. The average Bonchev–Trinajstić information content (AvgIpc) is 3.10. The molecule has 0 atom stereocenters. The third-order valence-corrected chi connectivity index (χ3v) is 5.41. The van der Waals surface area contributed by atoms with Crippen molar-refractivity contribution in [2.24, 2.45) is 0 Å². The number of likely N-dealkylation sites (N-methyl/N-ethyl adjacent to an activating group) is 1. The van der Waals surface area contributed by atoms with Gasteiger partial charge < -0.3 is 19.2 Å². The SMILES string of the molecule is CB(O)N1CCC(=C(c2ccccc2)c2nnc(C3CN(C)C3)o2)CC1. The van der Waals surface area contributed by atoms with Crippen molar-refractivity contribution in [2.75, 3.05) is 33.2 Å². The minimum absolute atomic E-state index is 0.348. The Morgan fingerprint density at radius 3 is 2.46 bits per heavy atom. The highest BCUT2D eigenvalue weighted by Crippen LogP contribution is 2.33. The minimum atomic E-state index is -0.401. The summed E-state index contributed by atoms with van der Waals surface area (Å²) < 4.78 is 6.11. The Morgan fingerprint density at radius 2 is 1.85 bits per heavy atom. The third-order valence-electron chi connectivity index (χ3n) is 5.41. The molecule has 0 spiro atoms. The first-order chi connectivity index (χ1) is 12.6. The van der Waals surface area contributed by atoms with Gasteiger partial charge in [0.05, 0.1) is 5.92 Å². The Kier molecular flexibility index (Phi) is 4.93. The summed E-state index contributed by atoms with van der Waals surface area (Å²) in [7, 11) is 1.70. The summed E-state index contributed by atoms with van der Waals surface area (Å²) in [5.74, 6) is 1.72. The van der Waals surface area contributed by atoms with Crippen molar-refractivity contribution in [3.63, 3.8) is 0 Å². The standard InChI is InChI=1S/C19H25BN4O2/c1-20(25)24-10-8-15(9-11-24)17(14-6-4-3-5-7-14)19-22-21-18(26-19)16-12-23(2)13-16/h3-7,16,25H,8-13H2,1-2H3. The van der Waals surface area contributed by atoms with Crippen molar-refractivity contribution in [3.8, 4) is 0 Å². The molecule has 2 saturated heterocycles. The van der Waals surface area contributed by atoms with Gasteiger partial charge in [-0.1, -0.05) is 35.9 Å². The van der Waals surface area contributed by atoms with Crippen molar-refractivity contribution in [2.45, 2.75) is 25.6 Å². The molecule has 0 radical (unpaired) electrons. The van der Waals surface area contributed by atoms with Crippen molar-refractivity contribution in [1.29, 1.82) is 0 Å². The fraction of sp³-hybridized carbons (Fsp3) is 0.474. The van der Waals surface area contributed by atoms with Crippen LogP contribution in [0.4, 0.5) is 0 Å². The fourth-order valence-corrected chi connectivity index (χ4v) is 3.86. The molecule has 2 fully saturated rings. The topological polar surface area (TPSA) is 65.6 Å². The number of piperidine rings is 1. The summed E-state index contributed by atoms with van der Waals surface area (Å²) in [6.45, 7) is 5.46. The monoisotopic (exact) mass is 352 g/mol. The molecule has 0 bridgehead atoms. The van der Waals surface area contributed by atoms with E-state index < -0.39 is 7.05 Å². The lowest BCUT2D eigenvalue weighted by Gasteiger charge is -2.33. The molecule has 2 aromatic rings. The van der Waals surface area contributed by atoms with Crippen LogP contribution in [0.1, 0.15) is 36.1 Å². The second-order valence-corrected chi connectivity index (χ2v) is 7.38. The third kappa shape index (κ3) is 3.47. The molecule has 3 heterocycles. The zero-order valence-corrected chi connectivity index (χ0v) is 15.4. The maximum atomic E-state index is 9.82. The maximum Gasteiger partial charge on any atom is 0.376 e. The normalized spacial score (nSPS) is 19.4. The van der Waals surface area contributed by atoms with Gasteiger partial charge in [0.2, 0.25) is 11.8 Å². The first kappa shape index (κ1) is 17.5. The molecule has 0 unspecified atom stereocenters. The van der Waals surface area contributed by atoms with E-state index in [2.05, 4.69) is 39.1 Å². The van der Waals surface area contributed by atoms with Crippen LogP contribution in [0, 0.1) is 0 Å². The van der Waals surface area contributed by atoms with Gasteiger partial charge in [-0.05, 0) is 45.4 Å². The van der Waals surface area contributed by atoms with E-state index in [1.54, 1.807) is 0 Å². The quantitative estimate of drug-likeness (QED) is 0.851. The second-order valence-electron chi connectivity index (χ2n) is 7.38. The number of hydrogen-bond acceptors (Lipinski definition) is 6. The van der Waals surface area contributed by atoms with Crippen molar-refractivity contribution < 1.29 is 9.44 Å². The molecule has 2 aliphatic rings. The highest BCUT2D eigenvalue weighted by atomic mass is 16.4. The van der Waals surface area contributed by atoms with Crippen LogP contribution in [0.15, 0.2) is 40.3 Å². The van der Waals surface area contributed by atoms with Gasteiger partial charge >= 0.3 is 7.05 Å². The largest absolute Gasteiger partial charge is 0.437 e. The van der Waals surface area contributed by atoms with E-state index in [0.29, 0.717) is 11.8 Å². The van der Waals surface area contributed by atoms with E-state index in [9.17, 15) is 5.02 Å². The first-order valence-electron chi connectivity index (χ1n) is 9.33. The zero-order valence-electron chi connectivity index (χ0n) is 15.4. The summed E-state index contributed by atoms with van der Waals surface area (Å²) in [6.07, 6.45) is 1.80. The Labute approximate surface area is 154 Å². The van der Waals surface area contributed by atoms with Crippen LogP contribution in [-0.2, 0) is 0 Å². The van der Waals surface area contributed by atoms with Crippen LogP contribution in [0.25, 0.3) is 5.57 Å². The lowest BCUT2D eigenvalue weighted by molar-refractivity contribution is 0.166. The van der Waals surface area contributed by atoms with Crippen LogP contribution < -0.4 is 0 Å². The second kappa shape index (κ2) is 7.35. The molecule has 7 heteroatoms. The van der Waals surface area contributed by atoms with Crippen molar-refractivity contribution in [3.05, 3.63) is 53.2 Å². The van der Waals surface area contributed by atoms with E-state index in [-0.39, 0.29) is 0 Å². The Morgan fingerprint density at radius 1 is 1.15 bits per heavy atom. The van der Waals surface area contributed by atoms with Gasteiger partial charge in [0.25, 0.3) is 0 Å². The summed E-state index contributed by atoms with van der Waals surface area (Å²) in [6, 6.07) is 10.3. The molecule has 1 aromatic carbocycles. The van der Waals surface area contributed by atoms with Crippen LogP contribution in [0.5, 0.6) is 0 Å². The van der Waals surface area contributed by atoms with E-state index in [1.807, 2.05) is 25.0 Å². The van der Waals surface area contributed by atoms with Crippen LogP contribution in [0.2, 0.25) is 6.82 Å². The molecule has 0 aliphatic carbocycles. The predicted octanol–water partition coefficient (Wildman–Crippen LogP) is 2.11. The van der Waals surface area contributed by atoms with E-state index in [4.69, 9.17) is 4.42 Å². The van der Waals surface area contributed by atoms with Crippen LogP contribution in [-0.4, -0.2) is 65.2 Å². The summed E-state index contributed by atoms with van der Waals surface area (Å²) in [5.41, 5.74) is 3.52. The Bertz CT molecular complexity index is 774. The summed E-state index contributed by atoms with van der Waals surface area (Å²) >= 11 is 0. The highest BCUT2D eigenvalue weighted by Gasteiger charge is 2.31.